The molecule has 11 heteroatoms. The summed E-state index contributed by atoms with van der Waals surface area (Å²) < 4.78 is 13.6. The van der Waals surface area contributed by atoms with Crippen LogP contribution in [0.1, 0.15) is 118 Å². The van der Waals surface area contributed by atoms with Crippen LogP contribution in [0.5, 0.6) is 0 Å². The van der Waals surface area contributed by atoms with Crippen LogP contribution in [-0.2, 0) is 19.1 Å². The van der Waals surface area contributed by atoms with Crippen LogP contribution in [0.2, 0.25) is 0 Å². The summed E-state index contributed by atoms with van der Waals surface area (Å²) in [5.74, 6) is 3.68. The fraction of sp³-hybridized carbons (Fsp3) is 0.617. The first-order chi connectivity index (χ1) is 27.5. The minimum absolute atomic E-state index is 0. The molecule has 8 aliphatic heterocycles. The van der Waals surface area contributed by atoms with Gasteiger partial charge in [0.05, 0.1) is 4.88 Å². The molecule has 0 radical (unpaired) electrons. The molecular weight excluding hydrogens is 786 g/mol. The highest BCUT2D eigenvalue weighted by atomic mass is 35.5. The lowest BCUT2D eigenvalue weighted by atomic mass is 9.65. The lowest BCUT2D eigenvalue weighted by Gasteiger charge is -2.56. The van der Waals surface area contributed by atoms with Crippen molar-refractivity contribution in [1.82, 2.24) is 9.80 Å². The van der Waals surface area contributed by atoms with E-state index in [0.717, 1.165) is 56.0 Å². The number of carbonyl (C=O) groups is 1. The Labute approximate surface area is 359 Å². The third-order valence-electron chi connectivity index (χ3n) is 14.6. The van der Waals surface area contributed by atoms with Crippen LogP contribution in [0.15, 0.2) is 53.9 Å². The summed E-state index contributed by atoms with van der Waals surface area (Å²) in [5.41, 5.74) is 9.48. The fourth-order valence-electron chi connectivity index (χ4n) is 10.8. The standard InChI is InChI=1S/C24H31NO2S.C13H14OS.C9H18N2.CO2.ClH/c1-24(2)20(17-5-9-25(24)10-6-17)15-21(26)23-14-19-4-3-18(13-22(19)28-23)16-7-11-27-12-8-16;1-2-12(10-3-6-14-7-4-10)9-13-11(1)5-8-15-13;1-9(2)8(10)7-3-5-11(9)6-4-7;2-1-3;/h3-4,13-14,16-17,20H,5-12,15H2,1-2H3;1-2,5,8-10H,3-4,6-7H2;7-8H,3-6,10H2,1-2H3;;1H/t20-;;8-;;/m1.1../s1. The van der Waals surface area contributed by atoms with Crippen molar-refractivity contribution in [3.63, 3.8) is 0 Å². The Morgan fingerprint density at radius 1 is 0.707 bits per heavy atom. The van der Waals surface area contributed by atoms with Crippen LogP contribution in [0.25, 0.3) is 20.2 Å². The Bertz CT molecular complexity index is 1970. The third-order valence-corrected chi connectivity index (χ3v) is 16.6. The Morgan fingerprint density at radius 3 is 1.71 bits per heavy atom. The number of hydrogen-bond acceptors (Lipinski definition) is 10. The normalized spacial score (nSPS) is 28.4. The predicted molar refractivity (Wildman–Crippen MR) is 239 cm³/mol. The van der Waals surface area contributed by atoms with Gasteiger partial charge in [0.2, 0.25) is 0 Å². The van der Waals surface area contributed by atoms with Crippen LogP contribution >= 0.6 is 35.1 Å². The Balaban J connectivity index is 0.000000158. The summed E-state index contributed by atoms with van der Waals surface area (Å²) in [4.78, 5) is 35.6. The van der Waals surface area contributed by atoms with E-state index in [1.54, 1.807) is 11.3 Å². The van der Waals surface area contributed by atoms with Gasteiger partial charge < -0.3 is 15.2 Å². The number of rotatable bonds is 5. The number of hydrogen-bond donors (Lipinski definition) is 1. The van der Waals surface area contributed by atoms with Gasteiger partial charge in [0.1, 0.15) is 0 Å². The smallest absolute Gasteiger partial charge is 0.373 e. The summed E-state index contributed by atoms with van der Waals surface area (Å²) in [6.45, 7) is 17.8. The second kappa shape index (κ2) is 19.9. The van der Waals surface area contributed by atoms with Gasteiger partial charge in [-0.05, 0) is 186 Å². The van der Waals surface area contributed by atoms with Crippen molar-refractivity contribution < 1.29 is 23.9 Å². The molecule has 0 aliphatic carbocycles. The van der Waals surface area contributed by atoms with Gasteiger partial charge in [-0.25, -0.2) is 0 Å². The summed E-state index contributed by atoms with van der Waals surface area (Å²) in [7, 11) is 0. The largest absolute Gasteiger partial charge is 0.381 e. The highest BCUT2D eigenvalue weighted by Gasteiger charge is 2.48. The minimum Gasteiger partial charge on any atom is -0.381 e. The summed E-state index contributed by atoms with van der Waals surface area (Å²) in [6, 6.07) is 18.4. The zero-order valence-electron chi connectivity index (χ0n) is 34.9. The maximum atomic E-state index is 13.2. The van der Waals surface area contributed by atoms with Crippen molar-refractivity contribution >= 4 is 67.2 Å². The maximum Gasteiger partial charge on any atom is 0.373 e. The molecule has 0 spiro atoms. The molecule has 8 fully saturated rings. The lowest BCUT2D eigenvalue weighted by molar-refractivity contribution is -0.191. The van der Waals surface area contributed by atoms with Crippen molar-refractivity contribution in [2.45, 2.75) is 114 Å². The van der Waals surface area contributed by atoms with E-state index in [1.807, 2.05) is 11.3 Å². The number of thiophene rings is 2. The first-order valence-electron chi connectivity index (χ1n) is 21.4. The third kappa shape index (κ3) is 9.99. The molecule has 10 heterocycles. The number of ether oxygens (including phenoxy) is 2. The van der Waals surface area contributed by atoms with Gasteiger partial charge in [-0.2, -0.15) is 9.59 Å². The van der Waals surface area contributed by atoms with E-state index in [9.17, 15) is 4.79 Å². The maximum absolute atomic E-state index is 13.2. The van der Waals surface area contributed by atoms with Crippen molar-refractivity contribution in [1.29, 1.82) is 0 Å². The molecule has 8 nitrogen and oxygen atoms in total. The average molecular weight is 851 g/mol. The number of fused-ring (bicyclic) bond motifs is 8. The van der Waals surface area contributed by atoms with E-state index in [1.165, 1.54) is 96.0 Å². The van der Waals surface area contributed by atoms with E-state index in [2.05, 4.69) is 91.4 Å². The summed E-state index contributed by atoms with van der Waals surface area (Å²) >= 11 is 3.53. The highest BCUT2D eigenvalue weighted by molar-refractivity contribution is 7.20. The van der Waals surface area contributed by atoms with Crippen LogP contribution < -0.4 is 5.73 Å². The minimum atomic E-state index is 0. The number of nitrogens with zero attached hydrogens (tertiary/aromatic N) is 2. The molecule has 58 heavy (non-hydrogen) atoms. The molecular formula is C47H64ClN3O5S2. The molecule has 0 unspecified atom stereocenters. The molecule has 4 bridgehead atoms. The molecule has 12 rings (SSSR count). The number of nitrogens with two attached hydrogens (primary N) is 1. The number of halogens is 1. The van der Waals surface area contributed by atoms with Crippen LogP contribution in [0.4, 0.5) is 0 Å². The van der Waals surface area contributed by atoms with E-state index in [4.69, 9.17) is 24.8 Å². The Kier molecular flexibility index (Phi) is 15.5. The fourth-order valence-corrected chi connectivity index (χ4v) is 12.7. The number of benzene rings is 2. The van der Waals surface area contributed by atoms with Crippen LogP contribution in [-0.4, -0.2) is 91.5 Å². The number of carbonyl (C=O) groups excluding carboxylic acids is 3. The average Bonchev–Trinajstić information content (AvgIpc) is 3.90. The zero-order valence-corrected chi connectivity index (χ0v) is 37.4. The molecule has 2 N–H and O–H groups in total. The Morgan fingerprint density at radius 2 is 1.21 bits per heavy atom. The van der Waals surface area contributed by atoms with Crippen molar-refractivity contribution in [3.05, 3.63) is 69.9 Å². The van der Waals surface area contributed by atoms with E-state index < -0.39 is 0 Å². The molecule has 0 saturated carbocycles. The molecule has 2 aromatic heterocycles. The molecule has 316 valence electrons. The second-order valence-corrected chi connectivity index (χ2v) is 20.2. The molecule has 8 saturated heterocycles. The van der Waals surface area contributed by atoms with Crippen molar-refractivity contribution in [3.8, 4) is 0 Å². The van der Waals surface area contributed by atoms with Gasteiger partial charge in [-0.1, -0.05) is 24.3 Å². The van der Waals surface area contributed by atoms with Crippen molar-refractivity contribution in [2.24, 2.45) is 23.5 Å². The topological polar surface area (TPSA) is 102 Å². The number of Topliss-reactive ketones (excluding diaryl/α,β-unsaturated/α-hetero) is 1. The monoisotopic (exact) mass is 849 g/mol. The van der Waals surface area contributed by atoms with E-state index >= 15 is 0 Å². The highest BCUT2D eigenvalue weighted by Crippen LogP contribution is 2.46. The zero-order chi connectivity index (χ0) is 40.2. The van der Waals surface area contributed by atoms with Crippen molar-refractivity contribution in [2.75, 3.05) is 52.6 Å². The first kappa shape index (κ1) is 45.0. The quantitative estimate of drug-likeness (QED) is 0.198. The summed E-state index contributed by atoms with van der Waals surface area (Å²) in [5, 5.41) is 4.76. The van der Waals surface area contributed by atoms with Gasteiger partial charge >= 0.3 is 6.15 Å². The molecule has 0 amide bonds. The van der Waals surface area contributed by atoms with E-state index in [0.29, 0.717) is 36.0 Å². The lowest BCUT2D eigenvalue weighted by Crippen LogP contribution is -2.67. The van der Waals surface area contributed by atoms with Gasteiger partial charge in [-0.15, -0.1) is 35.1 Å². The van der Waals surface area contributed by atoms with Gasteiger partial charge in [-0.3, -0.25) is 14.6 Å². The second-order valence-electron chi connectivity index (χ2n) is 18.2. The molecule has 2 atom stereocenters. The summed E-state index contributed by atoms with van der Waals surface area (Å²) in [6.07, 6.45) is 10.7. The van der Waals surface area contributed by atoms with Crippen LogP contribution in [0, 0.1) is 17.8 Å². The first-order valence-corrected chi connectivity index (χ1v) is 23.1. The van der Waals surface area contributed by atoms with Gasteiger partial charge in [0.25, 0.3) is 0 Å². The van der Waals surface area contributed by atoms with E-state index in [-0.39, 0.29) is 29.6 Å². The molecule has 8 aliphatic rings. The molecule has 4 aromatic rings. The number of ketones is 1. The number of piperidine rings is 6. The van der Waals surface area contributed by atoms with Gasteiger partial charge in [0, 0.05) is 59.4 Å². The SMILES string of the molecule is CC1(C)[C@H](CC(=O)c2cc3ccc(C4CCOCC4)cc3s2)C2CCN1CC2.CC1(C)[C@H](N)C2CCN1CC2.Cl.O=C=O.c1cc2ccc(C3CCOCC3)cc2s1. The molecule has 2 aromatic carbocycles. The predicted octanol–water partition coefficient (Wildman–Crippen LogP) is 9.94. The van der Waals surface area contributed by atoms with Gasteiger partial charge in [0.15, 0.2) is 5.78 Å². The Hall–Kier alpha value is -2.50. The van der Waals surface area contributed by atoms with Crippen LogP contribution in [0.3, 0.4) is 0 Å².